The molecule has 5 heterocycles. The molecule has 0 aliphatic carbocycles. The number of carbonyl (C=O) groups is 4. The number of ether oxygens (including phenoxy) is 1. The summed E-state index contributed by atoms with van der Waals surface area (Å²) in [4.78, 5) is 59.9. The predicted molar refractivity (Wildman–Crippen MR) is 213 cm³/mol. The predicted octanol–water partition coefficient (Wildman–Crippen LogP) is 4.96. The van der Waals surface area contributed by atoms with Gasteiger partial charge in [-0.2, -0.15) is 0 Å². The number of aryl methyl sites for hydroxylation is 1. The Morgan fingerprint density at radius 3 is 2.48 bits per heavy atom. The second kappa shape index (κ2) is 18.6. The molecule has 3 atom stereocenters. The molecule has 2 aliphatic heterocycles. The van der Waals surface area contributed by atoms with Gasteiger partial charge in [0.25, 0.3) is 11.8 Å². The fourth-order valence-electron chi connectivity index (χ4n) is 6.79. The second-order valence-electron chi connectivity index (χ2n) is 13.8. The molecular formula is C39H46ClN9O6S. The number of nitrogens with one attached hydrogen (secondary N) is 4. The van der Waals surface area contributed by atoms with Crippen LogP contribution in [0.4, 0.5) is 5.69 Å². The number of pyridine rings is 1. The van der Waals surface area contributed by atoms with Gasteiger partial charge in [-0.25, -0.2) is 0 Å². The van der Waals surface area contributed by atoms with Crippen molar-refractivity contribution in [1.29, 1.82) is 0 Å². The van der Waals surface area contributed by atoms with Crippen LogP contribution in [0.3, 0.4) is 0 Å². The molecule has 56 heavy (non-hydrogen) atoms. The highest BCUT2D eigenvalue weighted by Crippen LogP contribution is 2.40. The molecular weight excluding hydrogens is 758 g/mol. The van der Waals surface area contributed by atoms with Gasteiger partial charge >= 0.3 is 5.97 Å². The topological polar surface area (TPSA) is 202 Å². The Labute approximate surface area is 333 Å². The van der Waals surface area contributed by atoms with Crippen LogP contribution in [0.2, 0.25) is 5.02 Å². The number of nitrogens with zero attached hydrogens (tertiary/aromatic N) is 5. The summed E-state index contributed by atoms with van der Waals surface area (Å²) in [5.41, 5.74) is 4.02. The first-order valence-corrected chi connectivity index (χ1v) is 20.0. The van der Waals surface area contributed by atoms with E-state index in [4.69, 9.17) is 21.3 Å². The highest BCUT2D eigenvalue weighted by atomic mass is 35.5. The summed E-state index contributed by atoms with van der Waals surface area (Å²) < 4.78 is 6.86. The number of rotatable bonds is 16. The Bertz CT molecular complexity index is 2100. The first kappa shape index (κ1) is 40.5. The number of anilines is 1. The third-order valence-electron chi connectivity index (χ3n) is 9.81. The van der Waals surface area contributed by atoms with Gasteiger partial charge in [-0.1, -0.05) is 49.4 Å². The summed E-state index contributed by atoms with van der Waals surface area (Å²) in [7, 11) is 1.34. The average Bonchev–Trinajstić information content (AvgIpc) is 3.69. The van der Waals surface area contributed by atoms with Gasteiger partial charge in [0.15, 0.2) is 5.82 Å². The number of thiophene rings is 1. The third-order valence-corrected chi connectivity index (χ3v) is 11.3. The van der Waals surface area contributed by atoms with Crippen molar-refractivity contribution in [2.24, 2.45) is 4.99 Å². The number of aliphatic hydroxyl groups is 1. The Morgan fingerprint density at radius 1 is 1.02 bits per heavy atom. The number of benzene rings is 1. The van der Waals surface area contributed by atoms with Gasteiger partial charge in [0.2, 0.25) is 5.91 Å². The van der Waals surface area contributed by atoms with Crippen molar-refractivity contribution in [2.45, 2.75) is 89.9 Å². The van der Waals surface area contributed by atoms with E-state index in [1.807, 2.05) is 30.5 Å². The van der Waals surface area contributed by atoms with Crippen molar-refractivity contribution in [3.8, 4) is 5.00 Å². The summed E-state index contributed by atoms with van der Waals surface area (Å²) in [5.74, 6) is -0.0974. The molecule has 0 radical (unpaired) electrons. The molecule has 1 saturated heterocycles. The molecule has 6 rings (SSSR count). The first-order valence-electron chi connectivity index (χ1n) is 18.8. The molecule has 2 unspecified atom stereocenters. The fourth-order valence-corrected chi connectivity index (χ4v) is 8.20. The van der Waals surface area contributed by atoms with Crippen LogP contribution in [0, 0.1) is 13.8 Å². The summed E-state index contributed by atoms with van der Waals surface area (Å²) in [5, 5.41) is 31.7. The number of halogens is 1. The fraction of sp³-hybridized carbons (Fsp3) is 0.436. The number of aromatic nitrogens is 4. The number of methoxy groups -OCH3 is 1. The maximum absolute atomic E-state index is 13.6. The number of piperidine rings is 1. The lowest BCUT2D eigenvalue weighted by Crippen LogP contribution is -2.55. The smallest absolute Gasteiger partial charge is 0.308 e. The highest BCUT2D eigenvalue weighted by molar-refractivity contribution is 7.17. The van der Waals surface area contributed by atoms with E-state index in [1.54, 1.807) is 30.5 Å². The molecule has 1 fully saturated rings. The molecule has 296 valence electrons. The molecule has 0 spiro atoms. The minimum absolute atomic E-state index is 0.0172. The molecule has 17 heteroatoms. The van der Waals surface area contributed by atoms with Gasteiger partial charge in [0, 0.05) is 47.5 Å². The largest absolute Gasteiger partial charge is 0.469 e. The minimum Gasteiger partial charge on any atom is -0.469 e. The number of aliphatic hydroxyl groups excluding tert-OH is 1. The standard InChI is InChI=1S/C39H46ClN9O6S/c1-22-32-33(24-10-12-25(40)13-11-24)44-28(21-31(51)55-3)35-48-47-23(2)49(35)39(32)56-34(22)38(54)43-18-9-7-5-4-6-8-17-41-26-16-19-42-29(20-26)37(53)45-27-14-15-30(50)46-36(27)52/h10-13,16,19-20,27-28,36,52H,4-9,14-15,17-18,21H2,1-3H3,(H,41,42)(H,43,54)(H,45,53)(H,46,50)/t27?,28-,36?/m0/s1. The molecule has 15 nitrogen and oxygen atoms in total. The Morgan fingerprint density at radius 2 is 1.75 bits per heavy atom. The van der Waals surface area contributed by atoms with Crippen LogP contribution in [0.15, 0.2) is 47.6 Å². The van der Waals surface area contributed by atoms with Crippen molar-refractivity contribution in [1.82, 2.24) is 35.7 Å². The van der Waals surface area contributed by atoms with Gasteiger partial charge in [0.1, 0.15) is 28.8 Å². The lowest BCUT2D eigenvalue weighted by molar-refractivity contribution is -0.141. The van der Waals surface area contributed by atoms with Crippen LogP contribution < -0.4 is 21.3 Å². The zero-order valence-electron chi connectivity index (χ0n) is 31.6. The monoisotopic (exact) mass is 803 g/mol. The van der Waals surface area contributed by atoms with Gasteiger partial charge in [0.05, 0.1) is 30.2 Å². The number of hydrogen-bond acceptors (Lipinski definition) is 12. The number of amides is 3. The Balaban J connectivity index is 0.974. The van der Waals surface area contributed by atoms with Crippen molar-refractivity contribution in [3.05, 3.63) is 86.5 Å². The van der Waals surface area contributed by atoms with E-state index >= 15 is 0 Å². The lowest BCUT2D eigenvalue weighted by atomic mass is 9.99. The van der Waals surface area contributed by atoms with Crippen molar-refractivity contribution < 1.29 is 29.0 Å². The van der Waals surface area contributed by atoms with Crippen LogP contribution in [0.1, 0.15) is 112 Å². The van der Waals surface area contributed by atoms with Gasteiger partial charge in [-0.3, -0.25) is 33.7 Å². The molecule has 3 aromatic heterocycles. The summed E-state index contributed by atoms with van der Waals surface area (Å²) >= 11 is 7.58. The van der Waals surface area contributed by atoms with Crippen LogP contribution in [0.25, 0.3) is 5.00 Å². The molecule has 0 bridgehead atoms. The molecule has 4 aromatic rings. The quantitative estimate of drug-likeness (QED) is 0.0762. The number of carbonyl (C=O) groups excluding carboxylic acids is 4. The summed E-state index contributed by atoms with van der Waals surface area (Å²) in [6.07, 6.45) is 6.94. The van der Waals surface area contributed by atoms with Gasteiger partial charge < -0.3 is 31.1 Å². The number of hydrogen-bond donors (Lipinski definition) is 5. The first-order chi connectivity index (χ1) is 27.0. The number of aliphatic imine (C=N–C) groups is 1. The van der Waals surface area contributed by atoms with E-state index in [-0.39, 0.29) is 30.3 Å². The number of esters is 1. The van der Waals surface area contributed by atoms with Gasteiger partial charge in [-0.05, 0) is 62.9 Å². The van der Waals surface area contributed by atoms with Crippen molar-refractivity contribution in [2.75, 3.05) is 25.5 Å². The zero-order chi connectivity index (χ0) is 39.8. The second-order valence-corrected chi connectivity index (χ2v) is 15.3. The van der Waals surface area contributed by atoms with Crippen molar-refractivity contribution in [3.63, 3.8) is 0 Å². The van der Waals surface area contributed by atoms with E-state index in [0.29, 0.717) is 40.2 Å². The maximum atomic E-state index is 13.6. The van der Waals surface area contributed by atoms with Crippen LogP contribution in [-0.2, 0) is 14.3 Å². The van der Waals surface area contributed by atoms with E-state index in [2.05, 4.69) is 36.4 Å². The third kappa shape index (κ3) is 9.60. The van der Waals surface area contributed by atoms with Gasteiger partial charge in [-0.15, -0.1) is 21.5 Å². The van der Waals surface area contributed by atoms with Crippen LogP contribution >= 0.6 is 22.9 Å². The molecule has 1 aromatic carbocycles. The normalized spacial score (nSPS) is 17.5. The lowest BCUT2D eigenvalue weighted by Gasteiger charge is -2.28. The van der Waals surface area contributed by atoms with E-state index in [9.17, 15) is 24.3 Å². The van der Waals surface area contributed by atoms with E-state index in [0.717, 1.165) is 72.4 Å². The SMILES string of the molecule is COC(=O)C[C@@H]1N=C(c2ccc(Cl)cc2)c2c(sc(C(=O)NCCCCCCCCNc3ccnc(C(=O)NC4CCC(=O)NC4O)c3)c2C)-n2c(C)nnc21. The summed E-state index contributed by atoms with van der Waals surface area (Å²) in [6, 6.07) is 9.60. The van der Waals surface area contributed by atoms with E-state index < -0.39 is 30.2 Å². The zero-order valence-corrected chi connectivity index (χ0v) is 33.1. The van der Waals surface area contributed by atoms with E-state index in [1.165, 1.54) is 18.4 Å². The minimum atomic E-state index is -1.12. The Kier molecular flexibility index (Phi) is 13.5. The maximum Gasteiger partial charge on any atom is 0.308 e. The average molecular weight is 804 g/mol. The van der Waals surface area contributed by atoms with Crippen molar-refractivity contribution >= 4 is 58.0 Å². The number of fused-ring (bicyclic) bond motifs is 3. The summed E-state index contributed by atoms with van der Waals surface area (Å²) in [6.45, 7) is 5.04. The molecule has 0 saturated carbocycles. The molecule has 2 aliphatic rings. The number of unbranched alkanes of at least 4 members (excludes halogenated alkanes) is 5. The van der Waals surface area contributed by atoms with Crippen LogP contribution in [0.5, 0.6) is 0 Å². The van der Waals surface area contributed by atoms with Crippen LogP contribution in [-0.4, -0.2) is 86.7 Å². The highest BCUT2D eigenvalue weighted by Gasteiger charge is 2.34. The Hall–Kier alpha value is -5.19. The molecule has 5 N–H and O–H groups in total. The molecule has 3 amide bonds.